The molecule has 0 saturated heterocycles. The lowest BCUT2D eigenvalue weighted by Gasteiger charge is -2.10. The first-order valence-corrected chi connectivity index (χ1v) is 7.65. The molecule has 0 fully saturated rings. The second kappa shape index (κ2) is 5.72. The number of methoxy groups -OCH3 is 1. The van der Waals surface area contributed by atoms with Gasteiger partial charge in [0.2, 0.25) is 5.88 Å². The summed E-state index contributed by atoms with van der Waals surface area (Å²) < 4.78 is 7.22. The third-order valence-corrected chi connectivity index (χ3v) is 4.59. The fourth-order valence-corrected chi connectivity index (χ4v) is 3.37. The van der Waals surface area contributed by atoms with Crippen LogP contribution < -0.4 is 4.74 Å². The van der Waals surface area contributed by atoms with Gasteiger partial charge in [-0.1, -0.05) is 6.07 Å². The van der Waals surface area contributed by atoms with Gasteiger partial charge in [0.05, 0.1) is 24.3 Å². The molecule has 0 aliphatic carbocycles. The highest BCUT2D eigenvalue weighted by Gasteiger charge is 2.15. The third-order valence-electron chi connectivity index (χ3n) is 3.69. The molecule has 0 spiro atoms. The molecule has 1 N–H and O–H groups in total. The third kappa shape index (κ3) is 2.31. The molecule has 5 nitrogen and oxygen atoms in total. The van der Waals surface area contributed by atoms with E-state index in [0.717, 1.165) is 27.2 Å². The van der Waals surface area contributed by atoms with Gasteiger partial charge in [-0.25, -0.2) is 4.98 Å². The van der Waals surface area contributed by atoms with Crippen LogP contribution in [0.15, 0.2) is 35.8 Å². The van der Waals surface area contributed by atoms with Crippen LogP contribution in [-0.4, -0.2) is 26.6 Å². The van der Waals surface area contributed by atoms with Crippen molar-refractivity contribution in [1.82, 2.24) is 14.4 Å². The van der Waals surface area contributed by atoms with Crippen LogP contribution in [0.3, 0.4) is 0 Å². The number of hydrogen-bond donors (Lipinski definition) is 1. The van der Waals surface area contributed by atoms with Gasteiger partial charge in [-0.15, -0.1) is 23.7 Å². The molecule has 7 heteroatoms. The molecular formula is C16H14ClN3O2S. The molecule has 23 heavy (non-hydrogen) atoms. The Labute approximate surface area is 142 Å². The number of aromatic hydroxyl groups is 1. The lowest BCUT2D eigenvalue weighted by molar-refractivity contribution is 0.417. The molecule has 0 bridgehead atoms. The number of thiophene rings is 1. The topological polar surface area (TPSA) is 59.7 Å². The molecule has 0 radical (unpaired) electrons. The van der Waals surface area contributed by atoms with Crippen molar-refractivity contribution in [3.05, 3.63) is 41.5 Å². The minimum absolute atomic E-state index is 0. The Hall–Kier alpha value is -2.31. The second-order valence-corrected chi connectivity index (χ2v) is 5.94. The Kier molecular flexibility index (Phi) is 3.87. The van der Waals surface area contributed by atoms with Gasteiger partial charge in [-0.2, -0.15) is 0 Å². The Morgan fingerprint density at radius 3 is 2.83 bits per heavy atom. The Bertz CT molecular complexity index is 996. The Morgan fingerprint density at radius 1 is 1.30 bits per heavy atom. The summed E-state index contributed by atoms with van der Waals surface area (Å²) in [5.74, 6) is 0.905. The highest BCUT2D eigenvalue weighted by atomic mass is 35.5. The summed E-state index contributed by atoms with van der Waals surface area (Å²) in [6.07, 6.45) is 1.65. The first-order chi connectivity index (χ1) is 10.7. The average Bonchev–Trinajstić information content (AvgIpc) is 3.15. The maximum Gasteiger partial charge on any atom is 0.219 e. The minimum Gasteiger partial charge on any atom is -0.496 e. The van der Waals surface area contributed by atoms with Crippen LogP contribution in [0.1, 0.15) is 5.69 Å². The molecule has 3 heterocycles. The maximum atomic E-state index is 10.3. The maximum absolute atomic E-state index is 10.3. The van der Waals surface area contributed by atoms with E-state index in [0.29, 0.717) is 11.3 Å². The fourth-order valence-electron chi connectivity index (χ4n) is 2.63. The molecule has 4 aromatic rings. The van der Waals surface area contributed by atoms with Crippen LogP contribution in [0, 0.1) is 6.92 Å². The van der Waals surface area contributed by atoms with E-state index < -0.39 is 0 Å². The van der Waals surface area contributed by atoms with Gasteiger partial charge in [-0.05, 0) is 24.4 Å². The summed E-state index contributed by atoms with van der Waals surface area (Å²) in [6.45, 7) is 1.78. The fraction of sp³-hybridized carbons (Fsp3) is 0.125. The van der Waals surface area contributed by atoms with Gasteiger partial charge in [0.1, 0.15) is 11.4 Å². The van der Waals surface area contributed by atoms with E-state index in [1.54, 1.807) is 36.0 Å². The van der Waals surface area contributed by atoms with Crippen molar-refractivity contribution in [3.63, 3.8) is 0 Å². The molecule has 4 rings (SSSR count). The molecule has 0 unspecified atom stereocenters. The number of ether oxygens (including phenoxy) is 1. The first-order valence-electron chi connectivity index (χ1n) is 6.77. The van der Waals surface area contributed by atoms with E-state index in [4.69, 9.17) is 4.74 Å². The smallest absolute Gasteiger partial charge is 0.219 e. The van der Waals surface area contributed by atoms with Gasteiger partial charge in [0.15, 0.2) is 5.65 Å². The number of hydrogen-bond acceptors (Lipinski definition) is 5. The van der Waals surface area contributed by atoms with E-state index >= 15 is 0 Å². The van der Waals surface area contributed by atoms with E-state index in [1.807, 2.05) is 29.6 Å². The zero-order valence-corrected chi connectivity index (χ0v) is 14.1. The van der Waals surface area contributed by atoms with E-state index in [-0.39, 0.29) is 18.3 Å². The van der Waals surface area contributed by atoms with Crippen LogP contribution in [0.2, 0.25) is 0 Å². The lowest BCUT2D eigenvalue weighted by Crippen LogP contribution is -1.94. The number of rotatable bonds is 2. The number of benzene rings is 1. The zero-order valence-electron chi connectivity index (χ0n) is 12.5. The predicted octanol–water partition coefficient (Wildman–Crippen LogP) is 4.06. The minimum atomic E-state index is 0. The molecule has 0 atom stereocenters. The number of imidazole rings is 1. The number of nitrogens with zero attached hydrogens (tertiary/aromatic N) is 3. The molecular weight excluding hydrogens is 334 g/mol. The van der Waals surface area contributed by atoms with Gasteiger partial charge in [0, 0.05) is 16.5 Å². The number of aromatic nitrogens is 3. The molecule has 0 aliphatic heterocycles. The van der Waals surface area contributed by atoms with Gasteiger partial charge >= 0.3 is 0 Å². The van der Waals surface area contributed by atoms with Crippen molar-refractivity contribution in [2.75, 3.05) is 7.11 Å². The average molecular weight is 348 g/mol. The summed E-state index contributed by atoms with van der Waals surface area (Å²) >= 11 is 1.64. The standard InChI is InChI=1S/C16H13N3O2S.ClH/c1-9-16(20)19-12-6-10(14-4-3-5-22-14)13(21-2)7-11(12)17-8-15(19)18-9;/h3-8,20H,1-2H3;1H. The summed E-state index contributed by atoms with van der Waals surface area (Å²) in [4.78, 5) is 9.85. The van der Waals surface area contributed by atoms with Crippen molar-refractivity contribution >= 4 is 40.4 Å². The SMILES string of the molecule is COc1cc2ncc3nc(C)c(O)n3c2cc1-c1cccs1.Cl. The summed E-state index contributed by atoms with van der Waals surface area (Å²) in [5.41, 5.74) is 3.75. The molecule has 118 valence electrons. The number of fused-ring (bicyclic) bond motifs is 3. The molecule has 0 saturated carbocycles. The molecule has 0 amide bonds. The second-order valence-electron chi connectivity index (χ2n) is 4.99. The monoisotopic (exact) mass is 347 g/mol. The normalized spacial score (nSPS) is 10.9. The van der Waals surface area contributed by atoms with Crippen LogP contribution in [-0.2, 0) is 0 Å². The van der Waals surface area contributed by atoms with Crippen molar-refractivity contribution in [2.45, 2.75) is 6.92 Å². The highest BCUT2D eigenvalue weighted by molar-refractivity contribution is 7.13. The summed E-state index contributed by atoms with van der Waals surface area (Å²) in [5, 5.41) is 12.3. The van der Waals surface area contributed by atoms with Crippen LogP contribution in [0.4, 0.5) is 0 Å². The van der Waals surface area contributed by atoms with Gasteiger partial charge < -0.3 is 9.84 Å². The Balaban J connectivity index is 0.00000156. The summed E-state index contributed by atoms with van der Waals surface area (Å²) in [7, 11) is 1.65. The summed E-state index contributed by atoms with van der Waals surface area (Å²) in [6, 6.07) is 7.92. The quantitative estimate of drug-likeness (QED) is 0.594. The number of halogens is 1. The number of aryl methyl sites for hydroxylation is 1. The van der Waals surface area contributed by atoms with Gasteiger partial charge in [-0.3, -0.25) is 9.38 Å². The predicted molar refractivity (Wildman–Crippen MR) is 94.0 cm³/mol. The van der Waals surface area contributed by atoms with E-state index in [2.05, 4.69) is 9.97 Å². The van der Waals surface area contributed by atoms with E-state index in [1.165, 1.54) is 0 Å². The highest BCUT2D eigenvalue weighted by Crippen LogP contribution is 2.37. The largest absolute Gasteiger partial charge is 0.496 e. The zero-order chi connectivity index (χ0) is 15.3. The molecule has 3 aromatic heterocycles. The van der Waals surface area contributed by atoms with Crippen molar-refractivity contribution in [3.8, 4) is 22.1 Å². The first kappa shape index (κ1) is 15.6. The van der Waals surface area contributed by atoms with Crippen LogP contribution in [0.5, 0.6) is 11.6 Å². The lowest BCUT2D eigenvalue weighted by atomic mass is 10.1. The molecule has 1 aromatic carbocycles. The van der Waals surface area contributed by atoms with E-state index in [9.17, 15) is 5.11 Å². The van der Waals surface area contributed by atoms with Gasteiger partial charge in [0.25, 0.3) is 0 Å². The Morgan fingerprint density at radius 2 is 2.13 bits per heavy atom. The molecule has 0 aliphatic rings. The van der Waals surface area contributed by atoms with Crippen LogP contribution in [0.25, 0.3) is 27.1 Å². The van der Waals surface area contributed by atoms with Crippen molar-refractivity contribution in [2.24, 2.45) is 0 Å². The van der Waals surface area contributed by atoms with Crippen LogP contribution >= 0.6 is 23.7 Å². The van der Waals surface area contributed by atoms with Crippen molar-refractivity contribution < 1.29 is 9.84 Å². The van der Waals surface area contributed by atoms with Crippen molar-refractivity contribution in [1.29, 1.82) is 0 Å².